The monoisotopic (exact) mass is 259 g/mol. The lowest BCUT2D eigenvalue weighted by Gasteiger charge is -2.11. The minimum atomic E-state index is 0.0337. The molecule has 0 amide bonds. The molecular weight excluding hydrogens is 242 g/mol. The molecule has 0 unspecified atom stereocenters. The Balaban J connectivity index is 2.45. The summed E-state index contributed by atoms with van der Waals surface area (Å²) >= 11 is 5.92. The lowest BCUT2D eigenvalue weighted by molar-refractivity contribution is 0.0703. The molecule has 0 spiro atoms. The van der Waals surface area contributed by atoms with Crippen molar-refractivity contribution in [1.29, 1.82) is 0 Å². The molecule has 0 aliphatic heterocycles. The summed E-state index contributed by atoms with van der Waals surface area (Å²) in [6.07, 6.45) is 0. The van der Waals surface area contributed by atoms with Gasteiger partial charge in [-0.2, -0.15) is 0 Å². The fourth-order valence-corrected chi connectivity index (χ4v) is 1.59. The van der Waals surface area contributed by atoms with Crippen LogP contribution in [0.4, 0.5) is 0 Å². The SMILES string of the molecule is CNCc1cc(Cl)ccc1OCCOCCO. The van der Waals surface area contributed by atoms with Crippen LogP contribution in [0.15, 0.2) is 18.2 Å². The summed E-state index contributed by atoms with van der Waals surface area (Å²) in [5.41, 5.74) is 1.02. The van der Waals surface area contributed by atoms with E-state index in [9.17, 15) is 0 Å². The van der Waals surface area contributed by atoms with Crippen molar-refractivity contribution in [2.45, 2.75) is 6.54 Å². The van der Waals surface area contributed by atoms with Gasteiger partial charge in [0.2, 0.25) is 0 Å². The molecule has 0 heterocycles. The quantitative estimate of drug-likeness (QED) is 0.694. The Morgan fingerprint density at radius 3 is 2.82 bits per heavy atom. The summed E-state index contributed by atoms with van der Waals surface area (Å²) < 4.78 is 10.7. The molecule has 0 fully saturated rings. The van der Waals surface area contributed by atoms with Crippen molar-refractivity contribution in [3.05, 3.63) is 28.8 Å². The average Bonchev–Trinajstić information content (AvgIpc) is 2.32. The zero-order valence-electron chi connectivity index (χ0n) is 9.91. The van der Waals surface area contributed by atoms with Gasteiger partial charge in [0.25, 0.3) is 0 Å². The van der Waals surface area contributed by atoms with Gasteiger partial charge in [0, 0.05) is 17.1 Å². The Morgan fingerprint density at radius 1 is 1.29 bits per heavy atom. The Kier molecular flexibility index (Phi) is 6.96. The van der Waals surface area contributed by atoms with Crippen LogP contribution in [0.2, 0.25) is 5.02 Å². The van der Waals surface area contributed by atoms with E-state index < -0.39 is 0 Å². The van der Waals surface area contributed by atoms with Crippen molar-refractivity contribution >= 4 is 11.6 Å². The molecule has 1 rings (SSSR count). The summed E-state index contributed by atoms with van der Waals surface area (Å²) in [6.45, 7) is 1.99. The van der Waals surface area contributed by atoms with Gasteiger partial charge in [-0.15, -0.1) is 0 Å². The minimum Gasteiger partial charge on any atom is -0.491 e. The van der Waals surface area contributed by atoms with Gasteiger partial charge in [-0.25, -0.2) is 0 Å². The first-order valence-electron chi connectivity index (χ1n) is 5.52. The van der Waals surface area contributed by atoms with E-state index in [0.717, 1.165) is 11.3 Å². The second kappa shape index (κ2) is 8.31. The zero-order valence-corrected chi connectivity index (χ0v) is 10.7. The van der Waals surface area contributed by atoms with Crippen molar-refractivity contribution in [1.82, 2.24) is 5.32 Å². The van der Waals surface area contributed by atoms with Gasteiger partial charge in [0.15, 0.2) is 0 Å². The highest BCUT2D eigenvalue weighted by atomic mass is 35.5. The van der Waals surface area contributed by atoms with E-state index in [1.165, 1.54) is 0 Å². The third kappa shape index (κ3) is 5.37. The van der Waals surface area contributed by atoms with Gasteiger partial charge in [0.05, 0.1) is 19.8 Å². The number of nitrogens with one attached hydrogen (secondary N) is 1. The molecule has 0 saturated carbocycles. The molecule has 0 radical (unpaired) electrons. The topological polar surface area (TPSA) is 50.7 Å². The van der Waals surface area contributed by atoms with Crippen LogP contribution in [-0.4, -0.2) is 38.6 Å². The maximum Gasteiger partial charge on any atom is 0.124 e. The molecule has 0 aromatic heterocycles. The standard InChI is InChI=1S/C12H18ClNO3/c1-14-9-10-8-11(13)2-3-12(10)17-7-6-16-5-4-15/h2-3,8,14-15H,4-7,9H2,1H3. The lowest BCUT2D eigenvalue weighted by Crippen LogP contribution is -2.12. The largest absolute Gasteiger partial charge is 0.491 e. The summed E-state index contributed by atoms with van der Waals surface area (Å²) in [5.74, 6) is 0.802. The average molecular weight is 260 g/mol. The summed E-state index contributed by atoms with van der Waals surface area (Å²) in [7, 11) is 1.87. The molecular formula is C12H18ClNO3. The number of aliphatic hydroxyl groups is 1. The Labute approximate surface area is 106 Å². The third-order valence-corrected chi connectivity index (χ3v) is 2.35. The van der Waals surface area contributed by atoms with E-state index in [-0.39, 0.29) is 6.61 Å². The molecule has 2 N–H and O–H groups in total. The second-order valence-electron chi connectivity index (χ2n) is 3.47. The second-order valence-corrected chi connectivity index (χ2v) is 3.90. The number of benzene rings is 1. The molecule has 1 aromatic rings. The van der Waals surface area contributed by atoms with E-state index >= 15 is 0 Å². The molecule has 96 valence electrons. The number of rotatable bonds is 8. The highest BCUT2D eigenvalue weighted by molar-refractivity contribution is 6.30. The van der Waals surface area contributed by atoms with Gasteiger partial charge in [-0.3, -0.25) is 0 Å². The lowest BCUT2D eigenvalue weighted by atomic mass is 10.2. The van der Waals surface area contributed by atoms with E-state index in [4.69, 9.17) is 26.2 Å². The van der Waals surface area contributed by atoms with Crippen molar-refractivity contribution in [3.63, 3.8) is 0 Å². The van der Waals surface area contributed by atoms with Gasteiger partial charge in [0.1, 0.15) is 12.4 Å². The van der Waals surface area contributed by atoms with E-state index in [1.54, 1.807) is 6.07 Å². The molecule has 4 nitrogen and oxygen atoms in total. The first-order chi connectivity index (χ1) is 8.27. The molecule has 0 bridgehead atoms. The van der Waals surface area contributed by atoms with Crippen LogP contribution in [0, 0.1) is 0 Å². The molecule has 0 saturated heterocycles. The van der Waals surface area contributed by atoms with Crippen LogP contribution in [-0.2, 0) is 11.3 Å². The van der Waals surface area contributed by atoms with Crippen molar-refractivity contribution in [2.24, 2.45) is 0 Å². The zero-order chi connectivity index (χ0) is 12.5. The van der Waals surface area contributed by atoms with E-state index in [1.807, 2.05) is 19.2 Å². The van der Waals surface area contributed by atoms with Crippen LogP contribution in [0.5, 0.6) is 5.75 Å². The van der Waals surface area contributed by atoms with Gasteiger partial charge >= 0.3 is 0 Å². The molecule has 0 aliphatic rings. The summed E-state index contributed by atoms with van der Waals surface area (Å²) in [4.78, 5) is 0. The van der Waals surface area contributed by atoms with E-state index in [0.29, 0.717) is 31.4 Å². The van der Waals surface area contributed by atoms with Gasteiger partial charge in [-0.05, 0) is 25.2 Å². The Hall–Kier alpha value is -0.810. The number of hydrogen-bond donors (Lipinski definition) is 2. The van der Waals surface area contributed by atoms with Crippen molar-refractivity contribution < 1.29 is 14.6 Å². The number of ether oxygens (including phenoxy) is 2. The van der Waals surface area contributed by atoms with E-state index in [2.05, 4.69) is 5.32 Å². The van der Waals surface area contributed by atoms with Crippen LogP contribution >= 0.6 is 11.6 Å². The number of halogens is 1. The highest BCUT2D eigenvalue weighted by Gasteiger charge is 2.03. The number of aliphatic hydroxyl groups excluding tert-OH is 1. The van der Waals surface area contributed by atoms with Crippen LogP contribution in [0.25, 0.3) is 0 Å². The first-order valence-corrected chi connectivity index (χ1v) is 5.90. The fourth-order valence-electron chi connectivity index (χ4n) is 1.39. The predicted octanol–water partition coefficient (Wildman–Crippen LogP) is 1.45. The minimum absolute atomic E-state index is 0.0337. The molecule has 1 aromatic carbocycles. The summed E-state index contributed by atoms with van der Waals surface area (Å²) in [6, 6.07) is 5.52. The third-order valence-electron chi connectivity index (χ3n) is 2.11. The maximum atomic E-state index is 8.54. The Bertz CT molecular complexity index is 334. The molecule has 0 aliphatic carbocycles. The highest BCUT2D eigenvalue weighted by Crippen LogP contribution is 2.22. The fraction of sp³-hybridized carbons (Fsp3) is 0.500. The normalized spacial score (nSPS) is 10.5. The van der Waals surface area contributed by atoms with Crippen molar-refractivity contribution in [3.8, 4) is 5.75 Å². The smallest absolute Gasteiger partial charge is 0.124 e. The van der Waals surface area contributed by atoms with Crippen LogP contribution in [0.3, 0.4) is 0 Å². The first kappa shape index (κ1) is 14.3. The maximum absolute atomic E-state index is 8.54. The van der Waals surface area contributed by atoms with Gasteiger partial charge < -0.3 is 19.9 Å². The van der Waals surface area contributed by atoms with Gasteiger partial charge in [-0.1, -0.05) is 11.6 Å². The Morgan fingerprint density at radius 2 is 2.12 bits per heavy atom. The van der Waals surface area contributed by atoms with Crippen molar-refractivity contribution in [2.75, 3.05) is 33.5 Å². The summed E-state index contributed by atoms with van der Waals surface area (Å²) in [5, 5.41) is 12.3. The van der Waals surface area contributed by atoms with Crippen LogP contribution < -0.4 is 10.1 Å². The molecule has 0 atom stereocenters. The molecule has 17 heavy (non-hydrogen) atoms. The van der Waals surface area contributed by atoms with Crippen LogP contribution in [0.1, 0.15) is 5.56 Å². The molecule has 5 heteroatoms. The predicted molar refractivity (Wildman–Crippen MR) is 67.6 cm³/mol. The number of hydrogen-bond acceptors (Lipinski definition) is 4.